The first-order valence-corrected chi connectivity index (χ1v) is 7.57. The van der Waals surface area contributed by atoms with Crippen LogP contribution in [0.1, 0.15) is 11.1 Å². The van der Waals surface area contributed by atoms with Crippen molar-refractivity contribution in [2.24, 2.45) is 0 Å². The van der Waals surface area contributed by atoms with Crippen molar-refractivity contribution >= 4 is 5.91 Å². The number of nitrogens with one attached hydrogen (secondary N) is 1. The number of carbonyl (C=O) groups excluding carboxylic acids is 1. The number of ether oxygens (including phenoxy) is 2. The van der Waals surface area contributed by atoms with E-state index in [1.807, 2.05) is 0 Å². The van der Waals surface area contributed by atoms with Crippen LogP contribution in [-0.4, -0.2) is 31.4 Å². The fourth-order valence-corrected chi connectivity index (χ4v) is 2.31. The normalized spacial score (nSPS) is 13.6. The minimum Gasteiger partial charge on any atom is -0.497 e. The van der Waals surface area contributed by atoms with Crippen LogP contribution >= 0.6 is 0 Å². The molecule has 0 aliphatic rings. The van der Waals surface area contributed by atoms with Crippen LogP contribution in [-0.2, 0) is 16.9 Å². The van der Waals surface area contributed by atoms with Crippen LogP contribution < -0.4 is 14.8 Å². The molecule has 0 saturated carbocycles. The lowest BCUT2D eigenvalue weighted by molar-refractivity contribution is -0.257. The van der Waals surface area contributed by atoms with Gasteiger partial charge < -0.3 is 19.9 Å². The van der Waals surface area contributed by atoms with Crippen molar-refractivity contribution < 1.29 is 32.5 Å². The summed E-state index contributed by atoms with van der Waals surface area (Å²) in [7, 11) is 2.83. The Bertz CT molecular complexity index is 745. The molecule has 0 aliphatic heterocycles. The number of alkyl halides is 3. The average Bonchev–Trinajstić information content (AvgIpc) is 2.65. The van der Waals surface area contributed by atoms with Crippen molar-refractivity contribution in [2.75, 3.05) is 14.2 Å². The van der Waals surface area contributed by atoms with Gasteiger partial charge in [0.05, 0.1) is 14.2 Å². The first kappa shape index (κ1) is 19.6. The molecule has 2 rings (SSSR count). The highest BCUT2D eigenvalue weighted by Gasteiger charge is 2.60. The summed E-state index contributed by atoms with van der Waals surface area (Å²) in [6, 6.07) is 10.9. The molecule has 26 heavy (non-hydrogen) atoms. The largest absolute Gasteiger partial charge is 0.497 e. The van der Waals surface area contributed by atoms with Gasteiger partial charge in [-0.15, -0.1) is 0 Å². The average molecular weight is 369 g/mol. The molecule has 0 spiro atoms. The molecule has 2 aromatic rings. The lowest BCUT2D eigenvalue weighted by Gasteiger charge is -2.29. The Morgan fingerprint density at radius 3 is 1.85 bits per heavy atom. The second kappa shape index (κ2) is 7.65. The Balaban J connectivity index is 2.23. The third kappa shape index (κ3) is 3.91. The quantitative estimate of drug-likeness (QED) is 0.822. The van der Waals surface area contributed by atoms with Crippen molar-refractivity contribution in [3.8, 4) is 11.5 Å². The number of halogens is 3. The molecule has 2 aromatic carbocycles. The number of carbonyl (C=O) groups is 1. The van der Waals surface area contributed by atoms with Crippen molar-refractivity contribution in [1.29, 1.82) is 0 Å². The second-order valence-corrected chi connectivity index (χ2v) is 5.47. The molecule has 1 atom stereocenters. The Morgan fingerprint density at radius 1 is 0.962 bits per heavy atom. The number of methoxy groups -OCH3 is 2. The van der Waals surface area contributed by atoms with Gasteiger partial charge in [-0.05, 0) is 29.8 Å². The zero-order chi connectivity index (χ0) is 19.4. The van der Waals surface area contributed by atoms with Gasteiger partial charge in [-0.25, -0.2) is 0 Å². The third-order valence-corrected chi connectivity index (χ3v) is 3.86. The van der Waals surface area contributed by atoms with E-state index in [2.05, 4.69) is 5.32 Å². The van der Waals surface area contributed by atoms with E-state index >= 15 is 0 Å². The highest BCUT2D eigenvalue weighted by molar-refractivity contribution is 5.87. The van der Waals surface area contributed by atoms with Crippen LogP contribution in [0.4, 0.5) is 13.2 Å². The minimum atomic E-state index is -5.20. The number of hydrogen-bond donors (Lipinski definition) is 2. The zero-order valence-corrected chi connectivity index (χ0v) is 14.1. The zero-order valence-electron chi connectivity index (χ0n) is 14.1. The molecule has 0 saturated heterocycles. The van der Waals surface area contributed by atoms with Crippen LogP contribution in [0.15, 0.2) is 48.5 Å². The summed E-state index contributed by atoms with van der Waals surface area (Å²) in [6.45, 7) is -0.183. The summed E-state index contributed by atoms with van der Waals surface area (Å²) in [5.74, 6) is -0.687. The molecule has 0 aliphatic carbocycles. The van der Waals surface area contributed by atoms with Crippen LogP contribution in [0.5, 0.6) is 11.5 Å². The molecular weight excluding hydrogens is 351 g/mol. The number of rotatable bonds is 6. The summed E-state index contributed by atoms with van der Waals surface area (Å²) in [5.41, 5.74) is -3.72. The molecule has 8 heteroatoms. The minimum absolute atomic E-state index is 0.183. The van der Waals surface area contributed by atoms with Crippen LogP contribution in [0, 0.1) is 0 Å². The standard InChI is InChI=1S/C18H18F3NO4/c1-25-14-7-3-12(4-8-14)11-22-16(23)17(24,18(19,20)21)13-5-9-15(26-2)10-6-13/h3-10,24H,11H2,1-2H3,(H,22,23). The molecule has 2 N–H and O–H groups in total. The molecule has 0 heterocycles. The number of amides is 1. The molecule has 0 bridgehead atoms. The van der Waals surface area contributed by atoms with E-state index in [9.17, 15) is 23.1 Å². The maximum Gasteiger partial charge on any atom is 0.430 e. The fourth-order valence-electron chi connectivity index (χ4n) is 2.31. The van der Waals surface area contributed by atoms with Gasteiger partial charge in [0.2, 0.25) is 0 Å². The smallest absolute Gasteiger partial charge is 0.430 e. The van der Waals surface area contributed by atoms with Crippen molar-refractivity contribution in [1.82, 2.24) is 5.32 Å². The molecule has 0 fully saturated rings. The van der Waals surface area contributed by atoms with Crippen molar-refractivity contribution in [2.45, 2.75) is 18.3 Å². The van der Waals surface area contributed by atoms with Gasteiger partial charge in [-0.1, -0.05) is 24.3 Å². The molecule has 1 unspecified atom stereocenters. The number of benzene rings is 2. The second-order valence-electron chi connectivity index (χ2n) is 5.47. The topological polar surface area (TPSA) is 67.8 Å². The summed E-state index contributed by atoms with van der Waals surface area (Å²) >= 11 is 0. The maximum absolute atomic E-state index is 13.5. The summed E-state index contributed by atoms with van der Waals surface area (Å²) in [4.78, 5) is 12.2. The van der Waals surface area contributed by atoms with Crippen LogP contribution in [0.25, 0.3) is 0 Å². The summed E-state index contributed by atoms with van der Waals surface area (Å²) < 4.78 is 50.3. The Kier molecular flexibility index (Phi) is 5.76. The van der Waals surface area contributed by atoms with Crippen molar-refractivity contribution in [3.63, 3.8) is 0 Å². The van der Waals surface area contributed by atoms with Gasteiger partial charge in [0, 0.05) is 12.1 Å². The van der Waals surface area contributed by atoms with Gasteiger partial charge in [0.1, 0.15) is 11.5 Å². The van der Waals surface area contributed by atoms with E-state index in [0.29, 0.717) is 17.1 Å². The molecule has 0 aromatic heterocycles. The maximum atomic E-state index is 13.5. The predicted octanol–water partition coefficient (Wildman–Crippen LogP) is 2.77. The van der Waals surface area contributed by atoms with E-state index < -0.39 is 23.2 Å². The SMILES string of the molecule is COc1ccc(CNC(=O)C(O)(c2ccc(OC)cc2)C(F)(F)F)cc1. The molecule has 0 radical (unpaired) electrons. The molecule has 140 valence electrons. The van der Waals surface area contributed by atoms with Crippen LogP contribution in [0.3, 0.4) is 0 Å². The number of hydrogen-bond acceptors (Lipinski definition) is 4. The van der Waals surface area contributed by atoms with E-state index in [0.717, 1.165) is 12.1 Å². The monoisotopic (exact) mass is 369 g/mol. The fraction of sp³-hybridized carbons (Fsp3) is 0.278. The van der Waals surface area contributed by atoms with Crippen molar-refractivity contribution in [3.05, 3.63) is 59.7 Å². The Morgan fingerprint density at radius 2 is 1.42 bits per heavy atom. The van der Waals surface area contributed by atoms with Crippen LogP contribution in [0.2, 0.25) is 0 Å². The molecule has 1 amide bonds. The first-order chi connectivity index (χ1) is 12.2. The first-order valence-electron chi connectivity index (χ1n) is 7.57. The number of aliphatic hydroxyl groups is 1. The van der Waals surface area contributed by atoms with Gasteiger partial charge in [-0.3, -0.25) is 4.79 Å². The predicted molar refractivity (Wildman–Crippen MR) is 87.8 cm³/mol. The van der Waals surface area contributed by atoms with Gasteiger partial charge in [0.25, 0.3) is 11.5 Å². The molecule has 5 nitrogen and oxygen atoms in total. The van der Waals surface area contributed by atoms with E-state index in [4.69, 9.17) is 9.47 Å². The lowest BCUT2D eigenvalue weighted by Crippen LogP contribution is -2.54. The summed E-state index contributed by atoms with van der Waals surface area (Å²) in [5, 5.41) is 12.3. The lowest BCUT2D eigenvalue weighted by atomic mass is 9.91. The van der Waals surface area contributed by atoms with Gasteiger partial charge in [0.15, 0.2) is 0 Å². The Labute approximate surface area is 148 Å². The van der Waals surface area contributed by atoms with Gasteiger partial charge >= 0.3 is 6.18 Å². The highest BCUT2D eigenvalue weighted by Crippen LogP contribution is 2.39. The highest BCUT2D eigenvalue weighted by atomic mass is 19.4. The molecular formula is C18H18F3NO4. The van der Waals surface area contributed by atoms with Gasteiger partial charge in [-0.2, -0.15) is 13.2 Å². The van der Waals surface area contributed by atoms with E-state index in [1.165, 1.54) is 26.4 Å². The third-order valence-electron chi connectivity index (χ3n) is 3.86. The van der Waals surface area contributed by atoms with E-state index in [-0.39, 0.29) is 6.54 Å². The van der Waals surface area contributed by atoms with E-state index in [1.54, 1.807) is 24.3 Å². The summed E-state index contributed by atoms with van der Waals surface area (Å²) in [6.07, 6.45) is -5.20. The Hall–Kier alpha value is -2.74.